The van der Waals surface area contributed by atoms with E-state index >= 15 is 0 Å². The lowest BCUT2D eigenvalue weighted by Gasteiger charge is -2.20. The number of amides is 1. The molecule has 0 bridgehead atoms. The van der Waals surface area contributed by atoms with Gasteiger partial charge in [0.2, 0.25) is 6.41 Å². The average molecular weight is 270 g/mol. The molecule has 0 radical (unpaired) electrons. The highest BCUT2D eigenvalue weighted by Crippen LogP contribution is 2.29. The zero-order valence-electron chi connectivity index (χ0n) is 10.8. The van der Waals surface area contributed by atoms with Crippen molar-refractivity contribution in [3.05, 3.63) is 23.3 Å². The van der Waals surface area contributed by atoms with Crippen molar-refractivity contribution in [2.45, 2.75) is 13.2 Å². The van der Waals surface area contributed by atoms with Crippen molar-refractivity contribution in [1.82, 2.24) is 0 Å². The van der Waals surface area contributed by atoms with E-state index in [9.17, 15) is 4.79 Å². The van der Waals surface area contributed by atoms with E-state index in [2.05, 4.69) is 18.2 Å². The minimum atomic E-state index is 0.379. The normalized spacial score (nSPS) is 10.2. The number of carbonyl (C=O) groups is 1. The summed E-state index contributed by atoms with van der Waals surface area (Å²) >= 11 is 3.77. The molecule has 100 valence electrons. The van der Waals surface area contributed by atoms with Crippen molar-refractivity contribution >= 4 is 30.7 Å². The minimum Gasteiger partial charge on any atom is -0.380 e. The van der Waals surface area contributed by atoms with E-state index in [1.807, 2.05) is 31.1 Å². The van der Waals surface area contributed by atoms with Crippen LogP contribution in [0.4, 0.5) is 11.4 Å². The van der Waals surface area contributed by atoms with Gasteiger partial charge in [-0.1, -0.05) is 0 Å². The number of rotatable bonds is 7. The van der Waals surface area contributed by atoms with Gasteiger partial charge >= 0.3 is 0 Å². The SMILES string of the molecule is COCc1cc(NC=O)c(N(C)C)cc1COS. The van der Waals surface area contributed by atoms with Crippen molar-refractivity contribution in [2.24, 2.45) is 0 Å². The zero-order valence-corrected chi connectivity index (χ0v) is 11.7. The number of hydrogen-bond acceptors (Lipinski definition) is 5. The van der Waals surface area contributed by atoms with E-state index in [0.717, 1.165) is 22.5 Å². The molecule has 0 saturated heterocycles. The Morgan fingerprint density at radius 2 is 2.00 bits per heavy atom. The van der Waals surface area contributed by atoms with Crippen LogP contribution < -0.4 is 10.2 Å². The molecule has 0 aliphatic rings. The highest BCUT2D eigenvalue weighted by atomic mass is 32.1. The molecular weight excluding hydrogens is 252 g/mol. The van der Waals surface area contributed by atoms with E-state index < -0.39 is 0 Å². The van der Waals surface area contributed by atoms with Gasteiger partial charge in [-0.2, -0.15) is 0 Å². The van der Waals surface area contributed by atoms with Crippen LogP contribution in [0, 0.1) is 0 Å². The van der Waals surface area contributed by atoms with Gasteiger partial charge in [0.25, 0.3) is 0 Å². The molecule has 0 saturated carbocycles. The van der Waals surface area contributed by atoms with Gasteiger partial charge in [0.15, 0.2) is 0 Å². The molecule has 0 fully saturated rings. The largest absolute Gasteiger partial charge is 0.380 e. The fraction of sp³-hybridized carbons (Fsp3) is 0.417. The Balaban J connectivity index is 3.24. The third-order valence-electron chi connectivity index (χ3n) is 2.53. The summed E-state index contributed by atoms with van der Waals surface area (Å²) in [7, 11) is 5.44. The summed E-state index contributed by atoms with van der Waals surface area (Å²) in [4.78, 5) is 12.6. The Bertz CT molecular complexity index is 411. The molecule has 0 spiro atoms. The second-order valence-electron chi connectivity index (χ2n) is 4.00. The number of nitrogens with one attached hydrogen (secondary N) is 1. The van der Waals surface area contributed by atoms with Gasteiger partial charge < -0.3 is 19.1 Å². The summed E-state index contributed by atoms with van der Waals surface area (Å²) in [6.45, 7) is 0.831. The number of hydrogen-bond donors (Lipinski definition) is 2. The standard InChI is InChI=1S/C12H18N2O3S/c1-14(2)12-5-10(7-17-18)9(6-16-3)4-11(12)13-8-15/h4-5,8,18H,6-7H2,1-3H3,(H,13,15). The molecule has 0 unspecified atom stereocenters. The minimum absolute atomic E-state index is 0.379. The Hall–Kier alpha value is -1.24. The molecule has 0 heterocycles. The molecule has 0 aliphatic heterocycles. The number of benzene rings is 1. The molecule has 0 aliphatic carbocycles. The molecule has 1 amide bonds. The first kappa shape index (κ1) is 14.8. The molecule has 0 atom stereocenters. The first-order valence-corrected chi connectivity index (χ1v) is 5.79. The van der Waals surface area contributed by atoms with Crippen LogP contribution in [-0.4, -0.2) is 27.6 Å². The maximum absolute atomic E-state index is 10.6. The number of thiol groups is 1. The Morgan fingerprint density at radius 1 is 1.33 bits per heavy atom. The topological polar surface area (TPSA) is 50.8 Å². The van der Waals surface area contributed by atoms with Crippen LogP contribution >= 0.6 is 12.9 Å². The van der Waals surface area contributed by atoms with E-state index in [0.29, 0.717) is 19.6 Å². The molecular formula is C12H18N2O3S. The van der Waals surface area contributed by atoms with Crippen LogP contribution in [0.2, 0.25) is 0 Å². The first-order valence-electron chi connectivity index (χ1n) is 5.42. The molecule has 18 heavy (non-hydrogen) atoms. The molecule has 1 aromatic carbocycles. The van der Waals surface area contributed by atoms with Gasteiger partial charge in [0.05, 0.1) is 24.6 Å². The van der Waals surface area contributed by atoms with Crippen LogP contribution in [-0.2, 0) is 26.9 Å². The lowest BCUT2D eigenvalue weighted by molar-refractivity contribution is -0.105. The van der Waals surface area contributed by atoms with E-state index in [1.165, 1.54) is 0 Å². The fourth-order valence-corrected chi connectivity index (χ4v) is 1.86. The van der Waals surface area contributed by atoms with Gasteiger partial charge in [0, 0.05) is 21.2 Å². The number of nitrogens with zero attached hydrogens (tertiary/aromatic N) is 1. The van der Waals surface area contributed by atoms with Crippen LogP contribution in [0.15, 0.2) is 12.1 Å². The van der Waals surface area contributed by atoms with E-state index in [-0.39, 0.29) is 0 Å². The molecule has 0 aromatic heterocycles. The lowest BCUT2D eigenvalue weighted by Crippen LogP contribution is -2.13. The third-order valence-corrected chi connectivity index (χ3v) is 2.66. The summed E-state index contributed by atoms with van der Waals surface area (Å²) in [5, 5.41) is 2.69. The molecule has 1 rings (SSSR count). The van der Waals surface area contributed by atoms with E-state index in [4.69, 9.17) is 8.92 Å². The van der Waals surface area contributed by atoms with Gasteiger partial charge in [-0.25, -0.2) is 0 Å². The molecule has 6 heteroatoms. The average Bonchev–Trinajstić information content (AvgIpc) is 2.32. The Morgan fingerprint density at radius 3 is 2.50 bits per heavy atom. The van der Waals surface area contributed by atoms with Crippen LogP contribution in [0.5, 0.6) is 0 Å². The summed E-state index contributed by atoms with van der Waals surface area (Å²) in [5.41, 5.74) is 3.58. The molecule has 5 nitrogen and oxygen atoms in total. The number of anilines is 2. The van der Waals surface area contributed by atoms with Crippen LogP contribution in [0.1, 0.15) is 11.1 Å². The van der Waals surface area contributed by atoms with Crippen molar-refractivity contribution in [3.63, 3.8) is 0 Å². The second-order valence-corrected chi connectivity index (χ2v) is 4.26. The summed E-state index contributed by atoms with van der Waals surface area (Å²) in [6.07, 6.45) is 0.660. The van der Waals surface area contributed by atoms with Crippen molar-refractivity contribution in [3.8, 4) is 0 Å². The van der Waals surface area contributed by atoms with Gasteiger partial charge in [-0.3, -0.25) is 4.79 Å². The third kappa shape index (κ3) is 3.63. The zero-order chi connectivity index (χ0) is 13.5. The van der Waals surface area contributed by atoms with Crippen molar-refractivity contribution < 1.29 is 13.7 Å². The van der Waals surface area contributed by atoms with Crippen molar-refractivity contribution in [2.75, 3.05) is 31.4 Å². The number of ether oxygens (including phenoxy) is 1. The first-order chi connectivity index (χ1) is 8.63. The summed E-state index contributed by atoms with van der Waals surface area (Å²) in [6, 6.07) is 3.84. The summed E-state index contributed by atoms with van der Waals surface area (Å²) < 4.78 is 10.0. The van der Waals surface area contributed by atoms with Crippen molar-refractivity contribution in [1.29, 1.82) is 0 Å². The Labute approximate surface area is 113 Å². The summed E-state index contributed by atoms with van der Waals surface area (Å²) in [5.74, 6) is 0. The van der Waals surface area contributed by atoms with Crippen LogP contribution in [0.3, 0.4) is 0 Å². The maximum atomic E-state index is 10.6. The smallest absolute Gasteiger partial charge is 0.211 e. The number of methoxy groups -OCH3 is 1. The second kappa shape index (κ2) is 7.25. The highest BCUT2D eigenvalue weighted by molar-refractivity contribution is 7.75. The Kier molecular flexibility index (Phi) is 5.97. The predicted molar refractivity (Wildman–Crippen MR) is 74.9 cm³/mol. The van der Waals surface area contributed by atoms with Gasteiger partial charge in [-0.15, -0.1) is 0 Å². The predicted octanol–water partition coefficient (Wildman–Crippen LogP) is 1.83. The molecule has 1 N–H and O–H groups in total. The van der Waals surface area contributed by atoms with Gasteiger partial charge in [-0.05, 0) is 36.2 Å². The van der Waals surface area contributed by atoms with Gasteiger partial charge in [0.1, 0.15) is 0 Å². The monoisotopic (exact) mass is 270 g/mol. The fourth-order valence-electron chi connectivity index (χ4n) is 1.72. The quantitative estimate of drug-likeness (QED) is 0.451. The van der Waals surface area contributed by atoms with Crippen LogP contribution in [0.25, 0.3) is 0 Å². The maximum Gasteiger partial charge on any atom is 0.211 e. The highest BCUT2D eigenvalue weighted by Gasteiger charge is 2.11. The number of carbonyl (C=O) groups excluding carboxylic acids is 1. The van der Waals surface area contributed by atoms with E-state index in [1.54, 1.807) is 7.11 Å². The molecule has 1 aromatic rings. The lowest BCUT2D eigenvalue weighted by atomic mass is 10.1.